The third-order valence-electron chi connectivity index (χ3n) is 13.6. The number of fused-ring (bicyclic) bond motifs is 13. The van der Waals surface area contributed by atoms with Crippen LogP contribution in [0.5, 0.6) is 0 Å². The fraction of sp³-hybridized carbons (Fsp3) is 0.0847. The number of benzene rings is 9. The van der Waals surface area contributed by atoms with Gasteiger partial charge in [-0.25, -0.2) is 0 Å². The number of rotatable bonds is 8. The van der Waals surface area contributed by atoms with Gasteiger partial charge in [0.05, 0.1) is 16.4 Å². The first-order chi connectivity index (χ1) is 29.8. The maximum absolute atomic E-state index is 2.58. The molecule has 12 rings (SSSR count). The third-order valence-corrected chi connectivity index (χ3v) is 13.6. The fourth-order valence-electron chi connectivity index (χ4n) is 10.9. The summed E-state index contributed by atoms with van der Waals surface area (Å²) in [7, 11) is 0. The van der Waals surface area contributed by atoms with E-state index >= 15 is 0 Å². The van der Waals surface area contributed by atoms with Crippen molar-refractivity contribution in [2.75, 3.05) is 0 Å². The van der Waals surface area contributed by atoms with E-state index in [2.05, 4.69) is 223 Å². The van der Waals surface area contributed by atoms with Crippen LogP contribution in [0.1, 0.15) is 57.7 Å². The Kier molecular flexibility index (Phi) is 8.10. The van der Waals surface area contributed by atoms with Crippen molar-refractivity contribution < 1.29 is 0 Å². The van der Waals surface area contributed by atoms with Crippen molar-refractivity contribution in [1.29, 1.82) is 0 Å². The minimum atomic E-state index is -0.330. The van der Waals surface area contributed by atoms with Crippen LogP contribution in [-0.4, -0.2) is 4.57 Å². The van der Waals surface area contributed by atoms with Gasteiger partial charge < -0.3 is 4.57 Å². The van der Waals surface area contributed by atoms with Crippen LogP contribution in [0.4, 0.5) is 0 Å². The van der Waals surface area contributed by atoms with E-state index in [9.17, 15) is 0 Å². The lowest BCUT2D eigenvalue weighted by atomic mass is 9.70. The number of nitrogens with zero attached hydrogens (tertiary/aromatic N) is 1. The molecule has 10 aromatic rings. The first-order valence-electron chi connectivity index (χ1n) is 21.4. The highest BCUT2D eigenvalue weighted by molar-refractivity contribution is 6.09. The van der Waals surface area contributed by atoms with Crippen molar-refractivity contribution in [3.05, 3.63) is 257 Å². The summed E-state index contributed by atoms with van der Waals surface area (Å²) in [5.74, 6) is 0.288. The molecule has 1 atom stereocenters. The fourth-order valence-corrected chi connectivity index (χ4v) is 10.9. The SMILES string of the molecule is c1ccc(C(CCCc2ccc(-c3ccc(-n4c5ccccc5c5ccccc54)cc3)cc2)c2ccc3c(c2)C2(c4ccccc4-c4ccccc42)c2ccccc2-3)cc1. The molecule has 2 aliphatic carbocycles. The van der Waals surface area contributed by atoms with Crippen LogP contribution < -0.4 is 0 Å². The topological polar surface area (TPSA) is 4.93 Å². The van der Waals surface area contributed by atoms with Gasteiger partial charge in [0.2, 0.25) is 0 Å². The normalized spacial score (nSPS) is 13.6. The van der Waals surface area contributed by atoms with E-state index in [4.69, 9.17) is 0 Å². The van der Waals surface area contributed by atoms with Crippen molar-refractivity contribution >= 4 is 21.8 Å². The smallest absolute Gasteiger partial charge is 0.0725 e. The van der Waals surface area contributed by atoms with Crippen LogP contribution in [-0.2, 0) is 11.8 Å². The maximum Gasteiger partial charge on any atom is 0.0725 e. The summed E-state index contributed by atoms with van der Waals surface area (Å²) in [6.45, 7) is 0. The van der Waals surface area contributed by atoms with Gasteiger partial charge in [-0.05, 0) is 116 Å². The number of aryl methyl sites for hydroxylation is 1. The molecule has 0 N–H and O–H groups in total. The van der Waals surface area contributed by atoms with E-state index < -0.39 is 0 Å². The minimum Gasteiger partial charge on any atom is -0.309 e. The van der Waals surface area contributed by atoms with Gasteiger partial charge in [0.15, 0.2) is 0 Å². The zero-order valence-corrected chi connectivity index (χ0v) is 33.4. The monoisotopic (exact) mass is 765 g/mol. The molecule has 0 radical (unpaired) electrons. The molecule has 1 nitrogen and oxygen atoms in total. The van der Waals surface area contributed by atoms with Gasteiger partial charge in [-0.3, -0.25) is 0 Å². The summed E-state index contributed by atoms with van der Waals surface area (Å²) < 4.78 is 2.38. The number of para-hydroxylation sites is 2. The molecule has 1 spiro atoms. The van der Waals surface area contributed by atoms with Crippen molar-refractivity contribution in [2.24, 2.45) is 0 Å². The number of hydrogen-bond acceptors (Lipinski definition) is 0. The molecule has 9 aromatic carbocycles. The van der Waals surface area contributed by atoms with E-state index in [1.807, 2.05) is 0 Å². The Balaban J connectivity index is 0.833. The molecular weight excluding hydrogens is 723 g/mol. The van der Waals surface area contributed by atoms with E-state index in [-0.39, 0.29) is 11.3 Å². The number of aromatic nitrogens is 1. The second-order valence-electron chi connectivity index (χ2n) is 16.7. The largest absolute Gasteiger partial charge is 0.309 e. The number of hydrogen-bond donors (Lipinski definition) is 0. The summed E-state index contributed by atoms with van der Waals surface area (Å²) in [6, 6.07) is 81.6. The van der Waals surface area contributed by atoms with Gasteiger partial charge in [-0.15, -0.1) is 0 Å². The first kappa shape index (κ1) is 34.8. The Labute approximate surface area is 351 Å². The van der Waals surface area contributed by atoms with Crippen molar-refractivity contribution in [3.8, 4) is 39.1 Å². The Morgan fingerprint density at radius 2 is 0.867 bits per heavy atom. The molecule has 1 heteroatoms. The highest BCUT2D eigenvalue weighted by Gasteiger charge is 2.51. The van der Waals surface area contributed by atoms with Crippen LogP contribution in [0.25, 0.3) is 60.9 Å². The molecule has 0 saturated carbocycles. The molecule has 1 aromatic heterocycles. The average Bonchev–Trinajstić information content (AvgIpc) is 3.93. The van der Waals surface area contributed by atoms with Gasteiger partial charge >= 0.3 is 0 Å². The van der Waals surface area contributed by atoms with Gasteiger partial charge in [0.25, 0.3) is 0 Å². The predicted molar refractivity (Wildman–Crippen MR) is 250 cm³/mol. The van der Waals surface area contributed by atoms with E-state index in [0.717, 1.165) is 19.3 Å². The Hall–Kier alpha value is -7.22. The van der Waals surface area contributed by atoms with Crippen molar-refractivity contribution in [3.63, 3.8) is 0 Å². The Morgan fingerprint density at radius 1 is 0.383 bits per heavy atom. The molecule has 1 heterocycles. The maximum atomic E-state index is 2.58. The highest BCUT2D eigenvalue weighted by atomic mass is 15.0. The van der Waals surface area contributed by atoms with Gasteiger partial charge in [-0.2, -0.15) is 0 Å². The van der Waals surface area contributed by atoms with E-state index in [1.54, 1.807) is 0 Å². The van der Waals surface area contributed by atoms with Gasteiger partial charge in [-0.1, -0.05) is 194 Å². The molecule has 1 unspecified atom stereocenters. The van der Waals surface area contributed by atoms with Crippen LogP contribution in [0.15, 0.2) is 218 Å². The van der Waals surface area contributed by atoms with Crippen molar-refractivity contribution in [2.45, 2.75) is 30.6 Å². The molecule has 0 amide bonds. The first-order valence-corrected chi connectivity index (χ1v) is 21.4. The van der Waals surface area contributed by atoms with E-state index in [0.29, 0.717) is 0 Å². The highest BCUT2D eigenvalue weighted by Crippen LogP contribution is 2.63. The Morgan fingerprint density at radius 3 is 1.45 bits per heavy atom. The molecule has 0 bridgehead atoms. The standard InChI is InChI=1S/C59H43N/c1-2-16-43(17-3-1)46(44-35-38-50-49-20-6-11-26-55(49)59(56(50)39-44)53-24-9-4-18-47(53)48-19-5-10-25-54(48)59)23-14-15-40-29-31-41(32-30-40)42-33-36-45(37-34-42)60-57-27-12-7-21-51(57)52-22-8-13-28-58(52)60/h1-13,16-22,24-39,46H,14-15,23H2. The second-order valence-corrected chi connectivity index (χ2v) is 16.7. The van der Waals surface area contributed by atoms with Gasteiger partial charge in [0.1, 0.15) is 0 Å². The molecule has 2 aliphatic rings. The molecule has 60 heavy (non-hydrogen) atoms. The minimum absolute atomic E-state index is 0.288. The summed E-state index contributed by atoms with van der Waals surface area (Å²) >= 11 is 0. The summed E-state index contributed by atoms with van der Waals surface area (Å²) in [5.41, 5.74) is 21.0. The predicted octanol–water partition coefficient (Wildman–Crippen LogP) is 14.9. The average molecular weight is 766 g/mol. The van der Waals surface area contributed by atoms with Gasteiger partial charge in [0, 0.05) is 22.4 Å². The summed E-state index contributed by atoms with van der Waals surface area (Å²) in [4.78, 5) is 0. The van der Waals surface area contributed by atoms with Crippen LogP contribution in [0.2, 0.25) is 0 Å². The van der Waals surface area contributed by atoms with E-state index in [1.165, 1.54) is 99.8 Å². The lowest BCUT2D eigenvalue weighted by molar-refractivity contribution is 0.659. The van der Waals surface area contributed by atoms with Crippen LogP contribution in [0.3, 0.4) is 0 Å². The Bertz CT molecular complexity index is 3100. The molecule has 0 saturated heterocycles. The molecule has 0 aliphatic heterocycles. The van der Waals surface area contributed by atoms with Crippen molar-refractivity contribution in [1.82, 2.24) is 4.57 Å². The second kappa shape index (κ2) is 14.0. The molecular formula is C59H43N. The lowest BCUT2D eigenvalue weighted by Crippen LogP contribution is -2.26. The van der Waals surface area contributed by atoms with Crippen LogP contribution in [0, 0.1) is 0 Å². The quantitative estimate of drug-likeness (QED) is 0.145. The molecule has 0 fully saturated rings. The summed E-state index contributed by atoms with van der Waals surface area (Å²) in [5, 5.41) is 2.58. The summed E-state index contributed by atoms with van der Waals surface area (Å²) in [6.07, 6.45) is 3.21. The zero-order chi connectivity index (χ0) is 39.6. The lowest BCUT2D eigenvalue weighted by Gasteiger charge is -2.31. The third kappa shape index (κ3) is 5.25. The zero-order valence-electron chi connectivity index (χ0n) is 33.4. The van der Waals surface area contributed by atoms with Crippen LogP contribution >= 0.6 is 0 Å². The molecule has 284 valence electrons.